The van der Waals surface area contributed by atoms with Gasteiger partial charge in [-0.05, 0) is 31.6 Å². The molecule has 0 aliphatic rings. The number of rotatable bonds is 8. The zero-order chi connectivity index (χ0) is 13.5. The fourth-order valence-corrected chi connectivity index (χ4v) is 2.79. The van der Waals surface area contributed by atoms with Gasteiger partial charge < -0.3 is 9.52 Å². The molecule has 2 heteroatoms. The molecule has 0 unspecified atom stereocenters. The van der Waals surface area contributed by atoms with E-state index in [0.717, 1.165) is 49.8 Å². The Morgan fingerprint density at radius 3 is 2.00 bits per heavy atom. The van der Waals surface area contributed by atoms with E-state index in [4.69, 9.17) is 4.42 Å². The molecular formula is C16H28O2. The fourth-order valence-electron chi connectivity index (χ4n) is 2.79. The second kappa shape index (κ2) is 7.50. The van der Waals surface area contributed by atoms with Crippen LogP contribution in [0.15, 0.2) is 10.7 Å². The van der Waals surface area contributed by atoms with Crippen LogP contribution in [0.2, 0.25) is 0 Å². The van der Waals surface area contributed by atoms with Crippen LogP contribution in [0.3, 0.4) is 0 Å². The Balaban J connectivity index is 2.95. The van der Waals surface area contributed by atoms with Gasteiger partial charge in [0.1, 0.15) is 5.76 Å². The quantitative estimate of drug-likeness (QED) is 0.656. The van der Waals surface area contributed by atoms with Gasteiger partial charge in [0, 0.05) is 11.5 Å². The maximum atomic E-state index is 10.4. The van der Waals surface area contributed by atoms with Gasteiger partial charge in [0.05, 0.1) is 6.26 Å². The third kappa shape index (κ3) is 3.30. The predicted octanol–water partition coefficient (Wildman–Crippen LogP) is 5.57. The van der Waals surface area contributed by atoms with Crippen LogP contribution in [0.5, 0.6) is 5.75 Å². The van der Waals surface area contributed by atoms with Crippen molar-refractivity contribution >= 4 is 0 Å². The monoisotopic (exact) mass is 252 g/mol. The number of aromatic hydroxyl groups is 1. The highest BCUT2D eigenvalue weighted by molar-refractivity contribution is 5.38. The first-order valence-corrected chi connectivity index (χ1v) is 7.49. The van der Waals surface area contributed by atoms with Crippen molar-refractivity contribution in [1.82, 2.24) is 0 Å². The number of hydrogen-bond acceptors (Lipinski definition) is 2. The van der Waals surface area contributed by atoms with Gasteiger partial charge in [-0.15, -0.1) is 0 Å². The van der Waals surface area contributed by atoms with Crippen molar-refractivity contribution in [3.05, 3.63) is 17.6 Å². The molecule has 18 heavy (non-hydrogen) atoms. The molecule has 104 valence electrons. The first-order chi connectivity index (χ1) is 8.69. The van der Waals surface area contributed by atoms with Gasteiger partial charge in [-0.1, -0.05) is 40.5 Å². The molecule has 0 aliphatic carbocycles. The molecule has 0 saturated carbocycles. The van der Waals surface area contributed by atoms with Crippen molar-refractivity contribution in [3.8, 4) is 5.75 Å². The van der Waals surface area contributed by atoms with Crippen molar-refractivity contribution in [2.45, 2.75) is 78.1 Å². The van der Waals surface area contributed by atoms with E-state index in [2.05, 4.69) is 27.7 Å². The number of hydrogen-bond donors (Lipinski definition) is 1. The Hall–Kier alpha value is -0.920. The fraction of sp³-hybridized carbons (Fsp3) is 0.750. The molecule has 0 bridgehead atoms. The van der Waals surface area contributed by atoms with Crippen LogP contribution in [-0.2, 0) is 0 Å². The summed E-state index contributed by atoms with van der Waals surface area (Å²) in [6.07, 6.45) is 8.33. The van der Waals surface area contributed by atoms with Gasteiger partial charge in [0.15, 0.2) is 5.75 Å². The minimum Gasteiger partial charge on any atom is -0.504 e. The van der Waals surface area contributed by atoms with E-state index < -0.39 is 0 Å². The Kier molecular flexibility index (Phi) is 6.31. The molecular weight excluding hydrogens is 224 g/mol. The molecule has 1 N–H and O–H groups in total. The van der Waals surface area contributed by atoms with Crippen LogP contribution in [0.1, 0.15) is 89.4 Å². The first-order valence-electron chi connectivity index (χ1n) is 7.49. The highest BCUT2D eigenvalue weighted by Crippen LogP contribution is 2.40. The third-order valence-corrected chi connectivity index (χ3v) is 3.89. The smallest absolute Gasteiger partial charge is 0.160 e. The molecule has 0 fully saturated rings. The van der Waals surface area contributed by atoms with Crippen LogP contribution in [-0.4, -0.2) is 5.11 Å². The lowest BCUT2D eigenvalue weighted by atomic mass is 9.91. The Bertz CT molecular complexity index is 331. The van der Waals surface area contributed by atoms with Crippen LogP contribution < -0.4 is 0 Å². The van der Waals surface area contributed by atoms with E-state index in [1.54, 1.807) is 6.26 Å². The van der Waals surface area contributed by atoms with Crippen molar-refractivity contribution in [2.24, 2.45) is 0 Å². The molecule has 1 aromatic heterocycles. The summed E-state index contributed by atoms with van der Waals surface area (Å²) in [6.45, 7) is 8.70. The lowest BCUT2D eigenvalue weighted by Crippen LogP contribution is -1.98. The second-order valence-electron chi connectivity index (χ2n) is 5.19. The van der Waals surface area contributed by atoms with E-state index >= 15 is 0 Å². The minimum absolute atomic E-state index is 0.378. The largest absolute Gasteiger partial charge is 0.504 e. The zero-order valence-corrected chi connectivity index (χ0v) is 12.3. The molecule has 1 aromatic rings. The molecule has 0 saturated heterocycles. The standard InChI is InChI=1S/C16H28O2/c1-5-9-13(10-6-2)16-15(17)14(11-18-16)12(7-3)8-4/h11-13,17H,5-10H2,1-4H3. The summed E-state index contributed by atoms with van der Waals surface area (Å²) >= 11 is 0. The first kappa shape index (κ1) is 15.1. The molecule has 0 radical (unpaired) electrons. The van der Waals surface area contributed by atoms with Crippen LogP contribution in [0, 0.1) is 0 Å². The van der Waals surface area contributed by atoms with E-state index in [1.165, 1.54) is 0 Å². The Labute approximate surface area is 111 Å². The van der Waals surface area contributed by atoms with Gasteiger partial charge in [-0.25, -0.2) is 0 Å². The highest BCUT2D eigenvalue weighted by Gasteiger charge is 2.23. The van der Waals surface area contributed by atoms with E-state index in [9.17, 15) is 5.11 Å². The maximum absolute atomic E-state index is 10.4. The molecule has 0 spiro atoms. The lowest BCUT2D eigenvalue weighted by Gasteiger charge is -2.14. The molecule has 1 heterocycles. The van der Waals surface area contributed by atoms with E-state index in [0.29, 0.717) is 17.6 Å². The van der Waals surface area contributed by atoms with Gasteiger partial charge in [0.2, 0.25) is 0 Å². The van der Waals surface area contributed by atoms with E-state index in [-0.39, 0.29) is 0 Å². The maximum Gasteiger partial charge on any atom is 0.160 e. The predicted molar refractivity (Wildman–Crippen MR) is 76.3 cm³/mol. The summed E-state index contributed by atoms with van der Waals surface area (Å²) in [5.74, 6) is 2.05. The molecule has 1 rings (SSSR count). The average molecular weight is 252 g/mol. The normalized spacial score (nSPS) is 11.7. The molecule has 0 aliphatic heterocycles. The van der Waals surface area contributed by atoms with Crippen molar-refractivity contribution in [3.63, 3.8) is 0 Å². The number of furan rings is 1. The summed E-state index contributed by atoms with van der Waals surface area (Å²) in [5, 5.41) is 10.4. The molecule has 0 amide bonds. The molecule has 0 aromatic carbocycles. The van der Waals surface area contributed by atoms with Crippen molar-refractivity contribution in [1.29, 1.82) is 0 Å². The molecule has 0 atom stereocenters. The second-order valence-corrected chi connectivity index (χ2v) is 5.19. The summed E-state index contributed by atoms with van der Waals surface area (Å²) in [7, 11) is 0. The van der Waals surface area contributed by atoms with Gasteiger partial charge in [-0.3, -0.25) is 0 Å². The SMILES string of the molecule is CCCC(CCC)c1occ(C(CC)CC)c1O. The van der Waals surface area contributed by atoms with Crippen LogP contribution in [0.4, 0.5) is 0 Å². The summed E-state index contributed by atoms with van der Waals surface area (Å²) < 4.78 is 5.70. The molecule has 2 nitrogen and oxygen atoms in total. The minimum atomic E-state index is 0.378. The van der Waals surface area contributed by atoms with Gasteiger partial charge in [0.25, 0.3) is 0 Å². The summed E-state index contributed by atoms with van der Waals surface area (Å²) in [5.41, 5.74) is 1.01. The Morgan fingerprint density at radius 1 is 1.00 bits per heavy atom. The summed E-state index contributed by atoms with van der Waals surface area (Å²) in [6, 6.07) is 0. The van der Waals surface area contributed by atoms with Crippen LogP contribution >= 0.6 is 0 Å². The lowest BCUT2D eigenvalue weighted by molar-refractivity contribution is 0.383. The highest BCUT2D eigenvalue weighted by atomic mass is 16.4. The van der Waals surface area contributed by atoms with E-state index in [1.807, 2.05) is 0 Å². The average Bonchev–Trinajstić information content (AvgIpc) is 2.73. The topological polar surface area (TPSA) is 33.4 Å². The Morgan fingerprint density at radius 2 is 1.56 bits per heavy atom. The van der Waals surface area contributed by atoms with Crippen LogP contribution in [0.25, 0.3) is 0 Å². The van der Waals surface area contributed by atoms with Gasteiger partial charge >= 0.3 is 0 Å². The zero-order valence-electron chi connectivity index (χ0n) is 12.3. The van der Waals surface area contributed by atoms with Gasteiger partial charge in [-0.2, -0.15) is 0 Å². The third-order valence-electron chi connectivity index (χ3n) is 3.89. The summed E-state index contributed by atoms with van der Waals surface area (Å²) in [4.78, 5) is 0. The van der Waals surface area contributed by atoms with Crippen molar-refractivity contribution < 1.29 is 9.52 Å². The van der Waals surface area contributed by atoms with Crippen molar-refractivity contribution in [2.75, 3.05) is 0 Å².